The quantitative estimate of drug-likeness (QED) is 0.622. The van der Waals surface area contributed by atoms with E-state index in [1.165, 1.54) is 5.56 Å². The number of ether oxygens (including phenoxy) is 1. The van der Waals surface area contributed by atoms with Crippen LogP contribution < -0.4 is 0 Å². The molecule has 7 nitrogen and oxygen atoms in total. The number of amides is 1. The van der Waals surface area contributed by atoms with E-state index in [2.05, 4.69) is 41.3 Å². The first kappa shape index (κ1) is 22.5. The number of hydrogen-bond acceptors (Lipinski definition) is 5. The van der Waals surface area contributed by atoms with Gasteiger partial charge in [-0.15, -0.1) is 0 Å². The molecular formula is C25H34N4O3. The van der Waals surface area contributed by atoms with Gasteiger partial charge in [0.1, 0.15) is 0 Å². The molecule has 0 saturated carbocycles. The van der Waals surface area contributed by atoms with Gasteiger partial charge in [0.2, 0.25) is 5.91 Å². The summed E-state index contributed by atoms with van der Waals surface area (Å²) in [5, 5.41) is 4.66. The summed E-state index contributed by atoms with van der Waals surface area (Å²) in [5.74, 6) is -0.0887. The molecule has 0 radical (unpaired) electrons. The van der Waals surface area contributed by atoms with Crippen molar-refractivity contribution in [2.24, 2.45) is 5.92 Å². The number of fused-ring (bicyclic) bond motifs is 1. The van der Waals surface area contributed by atoms with E-state index in [-0.39, 0.29) is 17.8 Å². The van der Waals surface area contributed by atoms with Crippen molar-refractivity contribution in [2.45, 2.75) is 52.1 Å². The van der Waals surface area contributed by atoms with Crippen LogP contribution in [-0.4, -0.2) is 64.7 Å². The number of likely N-dealkylation sites (tertiary alicyclic amines) is 1. The lowest BCUT2D eigenvalue weighted by atomic mass is 9.94. The van der Waals surface area contributed by atoms with E-state index in [1.807, 2.05) is 15.6 Å². The number of piperidine rings is 1. The molecule has 32 heavy (non-hydrogen) atoms. The number of benzene rings is 1. The maximum absolute atomic E-state index is 13.2. The Morgan fingerprint density at radius 3 is 2.59 bits per heavy atom. The Balaban J connectivity index is 1.48. The third-order valence-electron chi connectivity index (χ3n) is 6.66. The summed E-state index contributed by atoms with van der Waals surface area (Å²) in [6.07, 6.45) is 4.44. The SMILES string of the molecule is CCOC(=O)c1nn(CCCc2ccccc2)c2c1CN(C(=O)C1CCN(C)CC1)CC2. The van der Waals surface area contributed by atoms with E-state index >= 15 is 0 Å². The van der Waals surface area contributed by atoms with Crippen molar-refractivity contribution in [1.82, 2.24) is 19.6 Å². The summed E-state index contributed by atoms with van der Waals surface area (Å²) in [7, 11) is 2.10. The number of rotatable bonds is 7. The van der Waals surface area contributed by atoms with E-state index in [4.69, 9.17) is 4.74 Å². The zero-order valence-electron chi connectivity index (χ0n) is 19.3. The number of hydrogen-bond donors (Lipinski definition) is 0. The Morgan fingerprint density at radius 2 is 1.88 bits per heavy atom. The molecule has 0 N–H and O–H groups in total. The van der Waals surface area contributed by atoms with E-state index in [0.717, 1.165) is 63.0 Å². The highest BCUT2D eigenvalue weighted by Crippen LogP contribution is 2.27. The molecule has 172 valence electrons. The van der Waals surface area contributed by atoms with Crippen LogP contribution in [0.4, 0.5) is 0 Å². The predicted octanol–water partition coefficient (Wildman–Crippen LogP) is 2.92. The van der Waals surface area contributed by atoms with Crippen LogP contribution in [-0.2, 0) is 35.5 Å². The van der Waals surface area contributed by atoms with Crippen LogP contribution in [0.3, 0.4) is 0 Å². The first-order valence-corrected chi connectivity index (χ1v) is 11.8. The minimum absolute atomic E-state index is 0.0831. The molecule has 2 aliphatic heterocycles. The number of esters is 1. The van der Waals surface area contributed by atoms with Gasteiger partial charge < -0.3 is 14.5 Å². The molecule has 0 atom stereocenters. The van der Waals surface area contributed by atoms with Crippen molar-refractivity contribution in [3.8, 4) is 0 Å². The molecule has 0 spiro atoms. The maximum Gasteiger partial charge on any atom is 0.359 e. The number of aryl methyl sites for hydroxylation is 2. The van der Waals surface area contributed by atoms with E-state index in [9.17, 15) is 9.59 Å². The van der Waals surface area contributed by atoms with Crippen LogP contribution in [0, 0.1) is 5.92 Å². The second kappa shape index (κ2) is 10.3. The van der Waals surface area contributed by atoms with Crippen molar-refractivity contribution < 1.29 is 14.3 Å². The average molecular weight is 439 g/mol. The van der Waals surface area contributed by atoms with Crippen molar-refractivity contribution in [3.05, 3.63) is 52.8 Å². The van der Waals surface area contributed by atoms with Gasteiger partial charge in [-0.25, -0.2) is 4.79 Å². The van der Waals surface area contributed by atoms with E-state index < -0.39 is 0 Å². The van der Waals surface area contributed by atoms with Gasteiger partial charge in [0, 0.05) is 43.2 Å². The average Bonchev–Trinajstić information content (AvgIpc) is 3.18. The summed E-state index contributed by atoms with van der Waals surface area (Å²) in [4.78, 5) is 30.0. The third kappa shape index (κ3) is 5.04. The highest BCUT2D eigenvalue weighted by atomic mass is 16.5. The van der Waals surface area contributed by atoms with Gasteiger partial charge in [-0.1, -0.05) is 30.3 Å². The topological polar surface area (TPSA) is 67.7 Å². The van der Waals surface area contributed by atoms with Gasteiger partial charge in [0.15, 0.2) is 5.69 Å². The third-order valence-corrected chi connectivity index (χ3v) is 6.66. The lowest BCUT2D eigenvalue weighted by Gasteiger charge is -2.34. The summed E-state index contributed by atoms with van der Waals surface area (Å²) in [5.41, 5.74) is 3.63. The minimum atomic E-state index is -0.390. The first-order chi connectivity index (χ1) is 15.6. The Hall–Kier alpha value is -2.67. The van der Waals surface area contributed by atoms with Crippen molar-refractivity contribution >= 4 is 11.9 Å². The standard InChI is InChI=1S/C25H34N4O3/c1-3-32-25(31)23-21-18-28(24(30)20-11-15-27(2)16-12-20)17-13-22(21)29(26-23)14-7-10-19-8-5-4-6-9-19/h4-6,8-9,20H,3,7,10-18H2,1-2H3. The molecule has 0 bridgehead atoms. The zero-order valence-corrected chi connectivity index (χ0v) is 19.3. The Morgan fingerprint density at radius 1 is 1.12 bits per heavy atom. The van der Waals surface area contributed by atoms with Crippen LogP contribution in [0.2, 0.25) is 0 Å². The van der Waals surface area contributed by atoms with Crippen LogP contribution in [0.5, 0.6) is 0 Å². The van der Waals surface area contributed by atoms with Crippen molar-refractivity contribution in [2.75, 3.05) is 33.3 Å². The van der Waals surface area contributed by atoms with Crippen LogP contribution in [0.15, 0.2) is 30.3 Å². The fraction of sp³-hybridized carbons (Fsp3) is 0.560. The Labute approximate surface area is 190 Å². The molecule has 2 aromatic rings. The predicted molar refractivity (Wildman–Crippen MR) is 122 cm³/mol. The second-order valence-corrected chi connectivity index (χ2v) is 8.89. The molecule has 7 heteroatoms. The summed E-state index contributed by atoms with van der Waals surface area (Å²) >= 11 is 0. The molecule has 4 rings (SSSR count). The zero-order chi connectivity index (χ0) is 22.5. The number of aromatic nitrogens is 2. The van der Waals surface area contributed by atoms with Gasteiger partial charge in [0.25, 0.3) is 0 Å². The molecular weight excluding hydrogens is 404 g/mol. The number of nitrogens with zero attached hydrogens (tertiary/aromatic N) is 4. The monoisotopic (exact) mass is 438 g/mol. The highest BCUT2D eigenvalue weighted by molar-refractivity contribution is 5.89. The first-order valence-electron chi connectivity index (χ1n) is 11.8. The fourth-order valence-electron chi connectivity index (χ4n) is 4.82. The smallest absolute Gasteiger partial charge is 0.359 e. The second-order valence-electron chi connectivity index (χ2n) is 8.89. The number of carbonyl (C=O) groups excluding carboxylic acids is 2. The van der Waals surface area contributed by atoms with Gasteiger partial charge >= 0.3 is 5.97 Å². The number of carbonyl (C=O) groups is 2. The molecule has 1 aromatic heterocycles. The normalized spacial score (nSPS) is 17.2. The van der Waals surface area contributed by atoms with Gasteiger partial charge in [-0.05, 0) is 58.3 Å². The maximum atomic E-state index is 13.2. The molecule has 1 amide bonds. The Kier molecular flexibility index (Phi) is 7.25. The van der Waals surface area contributed by atoms with Gasteiger partial charge in [0.05, 0.1) is 6.61 Å². The van der Waals surface area contributed by atoms with Gasteiger partial charge in [-0.3, -0.25) is 9.48 Å². The molecule has 2 aliphatic rings. The van der Waals surface area contributed by atoms with Crippen LogP contribution in [0.1, 0.15) is 53.5 Å². The molecule has 0 aliphatic carbocycles. The van der Waals surface area contributed by atoms with Gasteiger partial charge in [-0.2, -0.15) is 5.10 Å². The van der Waals surface area contributed by atoms with E-state index in [0.29, 0.717) is 25.4 Å². The molecule has 1 aromatic carbocycles. The lowest BCUT2D eigenvalue weighted by molar-refractivity contribution is -0.138. The summed E-state index contributed by atoms with van der Waals surface area (Å²) in [6.45, 7) is 5.92. The molecule has 1 saturated heterocycles. The van der Waals surface area contributed by atoms with Crippen molar-refractivity contribution in [3.63, 3.8) is 0 Å². The molecule has 0 unspecified atom stereocenters. The largest absolute Gasteiger partial charge is 0.461 e. The summed E-state index contributed by atoms with van der Waals surface area (Å²) < 4.78 is 7.26. The molecule has 3 heterocycles. The van der Waals surface area contributed by atoms with E-state index in [1.54, 1.807) is 6.92 Å². The molecule has 1 fully saturated rings. The lowest BCUT2D eigenvalue weighted by Crippen LogP contribution is -2.43. The Bertz CT molecular complexity index is 932. The minimum Gasteiger partial charge on any atom is -0.461 e. The van der Waals surface area contributed by atoms with Crippen LogP contribution in [0.25, 0.3) is 0 Å². The highest BCUT2D eigenvalue weighted by Gasteiger charge is 2.34. The van der Waals surface area contributed by atoms with Crippen molar-refractivity contribution in [1.29, 1.82) is 0 Å². The van der Waals surface area contributed by atoms with Crippen LogP contribution >= 0.6 is 0 Å². The fourth-order valence-corrected chi connectivity index (χ4v) is 4.82. The summed E-state index contributed by atoms with van der Waals surface area (Å²) in [6, 6.07) is 10.4.